The van der Waals surface area contributed by atoms with Gasteiger partial charge >= 0.3 is 6.18 Å². The second-order valence-corrected chi connectivity index (χ2v) is 10.7. The van der Waals surface area contributed by atoms with E-state index >= 15 is 0 Å². The maximum Gasteiger partial charge on any atom is 0.416 e. The van der Waals surface area contributed by atoms with Crippen molar-refractivity contribution in [3.8, 4) is 5.75 Å². The van der Waals surface area contributed by atoms with Gasteiger partial charge in [0.15, 0.2) is 5.49 Å². The molecular weight excluding hydrogens is 479 g/mol. The van der Waals surface area contributed by atoms with Crippen LogP contribution < -0.4 is 10.2 Å². The Bertz CT molecular complexity index is 1090. The molecule has 0 aliphatic carbocycles. The van der Waals surface area contributed by atoms with Gasteiger partial charge in [0.25, 0.3) is 5.91 Å². The minimum absolute atomic E-state index is 0.00522. The van der Waals surface area contributed by atoms with Crippen molar-refractivity contribution >= 4 is 17.7 Å². The first-order valence-electron chi connectivity index (χ1n) is 11.7. The summed E-state index contributed by atoms with van der Waals surface area (Å²) in [7, 11) is 1.89. The first-order chi connectivity index (χ1) is 16.4. The Labute approximate surface area is 208 Å². The van der Waals surface area contributed by atoms with E-state index in [1.807, 2.05) is 28.7 Å². The van der Waals surface area contributed by atoms with Crippen molar-refractivity contribution in [3.63, 3.8) is 0 Å². The standard InChI is InChI=1S/C25H34F3N3O3S/c1-24(2,3)21-15-22(31(30(21)4)16-18-8-6-11-33-18)29-23(32)19-14-17(25(26,27)28)9-10-20(19)34-12-7-13-35-5/h9-10,14-15,18H,6-8,11-13,16H2,1-5H3/t18-/m1/s1. The van der Waals surface area contributed by atoms with Gasteiger partial charge in [0.05, 0.1) is 30.4 Å². The zero-order valence-corrected chi connectivity index (χ0v) is 21.8. The fraction of sp³-hybridized carbons (Fsp3) is 0.600. The van der Waals surface area contributed by atoms with Crippen molar-refractivity contribution in [3.05, 3.63) is 46.6 Å². The molecule has 1 fully saturated rings. The van der Waals surface area contributed by atoms with E-state index in [2.05, 4.69) is 25.8 Å². The summed E-state index contributed by atoms with van der Waals surface area (Å²) >= 11 is 1.65. The van der Waals surface area contributed by atoms with Crippen LogP contribution in [0.4, 0.5) is 13.2 Å². The normalized spacial score (nSPS) is 17.3. The molecule has 0 unspecified atom stereocenters. The molecule has 0 radical (unpaired) electrons. The number of halogens is 3. The Morgan fingerprint density at radius 2 is 2.00 bits per heavy atom. The predicted octanol–water partition coefficient (Wildman–Crippen LogP) is 5.19. The lowest BCUT2D eigenvalue weighted by atomic mass is 9.92. The van der Waals surface area contributed by atoms with Gasteiger partial charge < -0.3 is 9.47 Å². The van der Waals surface area contributed by atoms with E-state index in [1.54, 1.807) is 11.8 Å². The summed E-state index contributed by atoms with van der Waals surface area (Å²) in [6.07, 6.45) is -0.0503. The van der Waals surface area contributed by atoms with Crippen molar-refractivity contribution in [2.24, 2.45) is 12.0 Å². The van der Waals surface area contributed by atoms with Crippen molar-refractivity contribution in [1.82, 2.24) is 9.36 Å². The second kappa shape index (κ2) is 11.2. The predicted molar refractivity (Wildman–Crippen MR) is 131 cm³/mol. The summed E-state index contributed by atoms with van der Waals surface area (Å²) in [6.45, 7) is 7.64. The monoisotopic (exact) mass is 513 g/mol. The van der Waals surface area contributed by atoms with Crippen LogP contribution >= 0.6 is 11.8 Å². The average Bonchev–Trinajstić information content (AvgIpc) is 3.39. The van der Waals surface area contributed by atoms with E-state index in [1.165, 1.54) is 6.07 Å². The van der Waals surface area contributed by atoms with Crippen LogP contribution in [-0.2, 0) is 29.9 Å². The number of hydrogen-bond acceptors (Lipinski definition) is 4. The van der Waals surface area contributed by atoms with Crippen LogP contribution in [0.3, 0.4) is 0 Å². The molecule has 1 aromatic carbocycles. The molecule has 6 nitrogen and oxygen atoms in total. The van der Waals surface area contributed by atoms with Crippen LogP contribution in [-0.4, -0.2) is 46.6 Å². The first kappa shape index (κ1) is 27.4. The van der Waals surface area contributed by atoms with Crippen LogP contribution in [0.25, 0.3) is 0 Å². The van der Waals surface area contributed by atoms with Gasteiger partial charge in [-0.25, -0.2) is 0 Å². The maximum atomic E-state index is 13.4. The Balaban J connectivity index is 2.05. The number of carbonyl (C=O) groups excluding carboxylic acids is 1. The number of ether oxygens (including phenoxy) is 2. The van der Waals surface area contributed by atoms with Gasteiger partial charge in [-0.2, -0.15) is 29.9 Å². The Morgan fingerprint density at radius 1 is 1.26 bits per heavy atom. The number of benzene rings is 1. The van der Waals surface area contributed by atoms with Crippen molar-refractivity contribution in [2.45, 2.75) is 64.3 Å². The zero-order valence-electron chi connectivity index (χ0n) is 20.9. The van der Waals surface area contributed by atoms with E-state index < -0.39 is 17.6 Å². The smallest absolute Gasteiger partial charge is 0.416 e. The van der Waals surface area contributed by atoms with Gasteiger partial charge in [-0.3, -0.25) is 14.2 Å². The van der Waals surface area contributed by atoms with E-state index in [0.717, 1.165) is 36.4 Å². The Morgan fingerprint density at radius 3 is 2.60 bits per heavy atom. The lowest BCUT2D eigenvalue weighted by Gasteiger charge is -2.21. The van der Waals surface area contributed by atoms with Crippen LogP contribution in [0.15, 0.2) is 29.3 Å². The van der Waals surface area contributed by atoms with Gasteiger partial charge in [-0.15, -0.1) is 0 Å². The number of hydrogen-bond donors (Lipinski definition) is 0. The van der Waals surface area contributed by atoms with E-state index in [-0.39, 0.29) is 22.8 Å². The number of rotatable bonds is 8. The van der Waals surface area contributed by atoms with Gasteiger partial charge in [0.2, 0.25) is 0 Å². The fourth-order valence-electron chi connectivity index (χ4n) is 4.11. The Hall–Kier alpha value is -2.20. The van der Waals surface area contributed by atoms with Crippen LogP contribution in [0, 0.1) is 0 Å². The molecular formula is C25H34F3N3O3S. The molecule has 1 aromatic heterocycles. The van der Waals surface area contributed by atoms with Gasteiger partial charge in [-0.1, -0.05) is 20.8 Å². The summed E-state index contributed by atoms with van der Waals surface area (Å²) in [5.74, 6) is 0.172. The highest BCUT2D eigenvalue weighted by atomic mass is 32.2. The summed E-state index contributed by atoms with van der Waals surface area (Å²) in [5, 5.41) is 0. The molecule has 10 heteroatoms. The molecule has 2 heterocycles. The third-order valence-corrected chi connectivity index (χ3v) is 6.61. The van der Waals surface area contributed by atoms with E-state index in [4.69, 9.17) is 9.47 Å². The zero-order chi connectivity index (χ0) is 25.8. The Kier molecular flexibility index (Phi) is 8.80. The largest absolute Gasteiger partial charge is 0.493 e. The number of nitrogens with zero attached hydrogens (tertiary/aromatic N) is 3. The molecule has 0 spiro atoms. The number of thioether (sulfide) groups is 1. The maximum absolute atomic E-state index is 13.4. The molecule has 35 heavy (non-hydrogen) atoms. The molecule has 0 N–H and O–H groups in total. The molecule has 194 valence electrons. The molecule has 1 atom stereocenters. The summed E-state index contributed by atoms with van der Waals surface area (Å²) in [5.41, 5.74) is -0.0219. The number of amides is 1. The molecule has 3 rings (SSSR count). The third-order valence-electron chi connectivity index (χ3n) is 5.91. The van der Waals surface area contributed by atoms with Crippen molar-refractivity contribution < 1.29 is 27.4 Å². The minimum Gasteiger partial charge on any atom is -0.493 e. The quantitative estimate of drug-likeness (QED) is 0.456. The van der Waals surface area contributed by atoms with Gasteiger partial charge in [-0.05, 0) is 49.5 Å². The fourth-order valence-corrected chi connectivity index (χ4v) is 4.52. The summed E-state index contributed by atoms with van der Waals surface area (Å²) < 4.78 is 55.5. The van der Waals surface area contributed by atoms with Crippen LogP contribution in [0.5, 0.6) is 5.75 Å². The van der Waals surface area contributed by atoms with E-state index in [9.17, 15) is 18.0 Å². The highest BCUT2D eigenvalue weighted by Gasteiger charge is 2.32. The molecule has 0 bridgehead atoms. The second-order valence-electron chi connectivity index (χ2n) is 9.70. The lowest BCUT2D eigenvalue weighted by molar-refractivity contribution is -0.137. The lowest BCUT2D eigenvalue weighted by Crippen LogP contribution is -2.30. The SMILES string of the molecule is CSCCCOc1ccc(C(F)(F)F)cc1C(=O)N=c1cc(C(C)(C)C)n(C)n1C[C@H]1CCCO1. The highest BCUT2D eigenvalue weighted by molar-refractivity contribution is 7.98. The van der Waals surface area contributed by atoms with Gasteiger partial charge in [0, 0.05) is 30.8 Å². The molecule has 1 aliphatic heterocycles. The topological polar surface area (TPSA) is 57.8 Å². The van der Waals surface area contributed by atoms with Crippen LogP contribution in [0.2, 0.25) is 0 Å². The molecule has 1 aliphatic rings. The summed E-state index contributed by atoms with van der Waals surface area (Å²) in [6, 6.07) is 4.78. The number of alkyl halides is 3. The van der Waals surface area contributed by atoms with Crippen LogP contribution in [0.1, 0.15) is 61.6 Å². The highest BCUT2D eigenvalue weighted by Crippen LogP contribution is 2.33. The molecule has 1 saturated heterocycles. The molecule has 2 aromatic rings. The van der Waals surface area contributed by atoms with Gasteiger partial charge in [0.1, 0.15) is 5.75 Å². The number of carbonyl (C=O) groups is 1. The van der Waals surface area contributed by atoms with E-state index in [0.29, 0.717) is 31.7 Å². The number of aromatic nitrogens is 2. The minimum atomic E-state index is -4.59. The third kappa shape index (κ3) is 6.94. The molecule has 1 amide bonds. The summed E-state index contributed by atoms with van der Waals surface area (Å²) in [4.78, 5) is 17.6. The molecule has 0 saturated carbocycles. The van der Waals surface area contributed by atoms with Crippen molar-refractivity contribution in [1.29, 1.82) is 0 Å². The first-order valence-corrected chi connectivity index (χ1v) is 13.1. The van der Waals surface area contributed by atoms with Crippen molar-refractivity contribution in [2.75, 3.05) is 25.2 Å². The average molecular weight is 514 g/mol.